The molecule has 0 saturated heterocycles. The second-order valence-corrected chi connectivity index (χ2v) is 8.13. The van der Waals surface area contributed by atoms with Gasteiger partial charge in [0.2, 0.25) is 0 Å². The molecule has 0 spiro atoms. The van der Waals surface area contributed by atoms with E-state index in [1.165, 1.54) is 0 Å². The minimum atomic E-state index is -0.370. The molecule has 0 aliphatic heterocycles. The summed E-state index contributed by atoms with van der Waals surface area (Å²) in [6, 6.07) is 14.3. The van der Waals surface area contributed by atoms with Crippen molar-refractivity contribution in [1.82, 2.24) is 0 Å². The van der Waals surface area contributed by atoms with Crippen molar-refractivity contribution >= 4 is 11.6 Å². The normalized spacial score (nSPS) is 12.8. The zero-order valence-corrected chi connectivity index (χ0v) is 18.8. The summed E-state index contributed by atoms with van der Waals surface area (Å²) >= 11 is 0. The van der Waals surface area contributed by atoms with Crippen LogP contribution < -0.4 is 9.47 Å². The van der Waals surface area contributed by atoms with Crippen molar-refractivity contribution in [3.63, 3.8) is 0 Å². The molecule has 0 aliphatic rings. The summed E-state index contributed by atoms with van der Waals surface area (Å²) in [5.41, 5.74) is 2.32. The molecule has 0 fully saturated rings. The number of ketones is 2. The molecule has 0 aromatic heterocycles. The molecule has 0 aliphatic carbocycles. The Morgan fingerprint density at radius 1 is 0.833 bits per heavy atom. The molecule has 0 unspecified atom stereocenters. The molecule has 2 aromatic carbocycles. The zero-order chi connectivity index (χ0) is 22.3. The van der Waals surface area contributed by atoms with Gasteiger partial charge in [-0.15, -0.1) is 0 Å². The van der Waals surface area contributed by atoms with Crippen molar-refractivity contribution in [2.45, 2.75) is 34.1 Å². The highest BCUT2D eigenvalue weighted by molar-refractivity contribution is 6.01. The van der Waals surface area contributed by atoms with Crippen LogP contribution in [0.3, 0.4) is 0 Å². The molecule has 160 valence electrons. The van der Waals surface area contributed by atoms with Crippen molar-refractivity contribution in [2.75, 3.05) is 14.2 Å². The van der Waals surface area contributed by atoms with Gasteiger partial charge in [-0.1, -0.05) is 25.5 Å². The SMILES string of the molecule is COc1ccc(C(=O)C[C@H](C(C)C)[C@@H](C=C(C)C)C(=O)c2ccc(OC)cc2)cc1. The van der Waals surface area contributed by atoms with E-state index in [2.05, 4.69) is 13.8 Å². The number of allylic oxidation sites excluding steroid dienone is 2. The Balaban J connectivity index is 2.32. The Morgan fingerprint density at radius 2 is 1.30 bits per heavy atom. The van der Waals surface area contributed by atoms with Crippen LogP contribution >= 0.6 is 0 Å². The Morgan fingerprint density at radius 3 is 1.70 bits per heavy atom. The van der Waals surface area contributed by atoms with Crippen molar-refractivity contribution in [3.05, 3.63) is 71.3 Å². The lowest BCUT2D eigenvalue weighted by atomic mass is 9.75. The molecular weight excluding hydrogens is 376 g/mol. The van der Waals surface area contributed by atoms with Crippen molar-refractivity contribution in [1.29, 1.82) is 0 Å². The van der Waals surface area contributed by atoms with E-state index < -0.39 is 0 Å². The molecule has 4 nitrogen and oxygen atoms in total. The number of methoxy groups -OCH3 is 2. The van der Waals surface area contributed by atoms with Crippen LogP contribution in [-0.2, 0) is 0 Å². The van der Waals surface area contributed by atoms with Crippen molar-refractivity contribution in [2.24, 2.45) is 17.8 Å². The van der Waals surface area contributed by atoms with Gasteiger partial charge >= 0.3 is 0 Å². The first kappa shape index (κ1) is 23.4. The molecule has 30 heavy (non-hydrogen) atoms. The molecule has 4 heteroatoms. The van der Waals surface area contributed by atoms with E-state index in [1.54, 1.807) is 62.8 Å². The number of rotatable bonds is 10. The van der Waals surface area contributed by atoms with Gasteiger partial charge in [-0.25, -0.2) is 0 Å². The second kappa shape index (κ2) is 10.8. The lowest BCUT2D eigenvalue weighted by Gasteiger charge is -2.27. The summed E-state index contributed by atoms with van der Waals surface area (Å²) in [6.45, 7) is 8.10. The van der Waals surface area contributed by atoms with Gasteiger partial charge in [0.25, 0.3) is 0 Å². The highest BCUT2D eigenvalue weighted by Crippen LogP contribution is 2.32. The summed E-state index contributed by atoms with van der Waals surface area (Å²) in [5, 5.41) is 0. The van der Waals surface area contributed by atoms with Crippen LogP contribution in [-0.4, -0.2) is 25.8 Å². The van der Waals surface area contributed by atoms with Crippen LogP contribution in [0.15, 0.2) is 60.2 Å². The lowest BCUT2D eigenvalue weighted by Crippen LogP contribution is -2.29. The first-order valence-corrected chi connectivity index (χ1v) is 10.3. The van der Waals surface area contributed by atoms with E-state index in [1.807, 2.05) is 19.9 Å². The summed E-state index contributed by atoms with van der Waals surface area (Å²) in [6.07, 6.45) is 2.30. The molecule has 2 atom stereocenters. The molecule has 0 radical (unpaired) electrons. The molecule has 0 N–H and O–H groups in total. The monoisotopic (exact) mass is 408 g/mol. The van der Waals surface area contributed by atoms with Gasteiger partial charge in [0, 0.05) is 23.5 Å². The molecule has 2 rings (SSSR count). The maximum absolute atomic E-state index is 13.4. The second-order valence-electron chi connectivity index (χ2n) is 8.13. The van der Waals surface area contributed by atoms with E-state index in [9.17, 15) is 9.59 Å². The predicted octanol–water partition coefficient (Wildman–Crippen LogP) is 6.01. The van der Waals surface area contributed by atoms with Crippen LogP contribution in [0.4, 0.5) is 0 Å². The fraction of sp³-hybridized carbons (Fsp3) is 0.385. The maximum atomic E-state index is 13.4. The van der Waals surface area contributed by atoms with Gasteiger partial charge in [0.15, 0.2) is 11.6 Å². The van der Waals surface area contributed by atoms with Gasteiger partial charge in [-0.3, -0.25) is 9.59 Å². The minimum Gasteiger partial charge on any atom is -0.497 e. The van der Waals surface area contributed by atoms with Gasteiger partial charge in [-0.05, 0) is 74.2 Å². The number of carbonyl (C=O) groups is 2. The van der Waals surface area contributed by atoms with E-state index in [4.69, 9.17) is 9.47 Å². The van der Waals surface area contributed by atoms with Gasteiger partial charge in [0.1, 0.15) is 11.5 Å². The lowest BCUT2D eigenvalue weighted by molar-refractivity contribution is 0.0839. The Hall–Kier alpha value is -2.88. The third-order valence-corrected chi connectivity index (χ3v) is 5.34. The van der Waals surface area contributed by atoms with E-state index in [0.717, 1.165) is 5.57 Å². The Labute approximate surface area is 179 Å². The molecule has 0 bridgehead atoms. The number of hydrogen-bond acceptors (Lipinski definition) is 4. The van der Waals surface area contributed by atoms with Crippen LogP contribution in [0.25, 0.3) is 0 Å². The van der Waals surface area contributed by atoms with Gasteiger partial charge < -0.3 is 9.47 Å². The van der Waals surface area contributed by atoms with Crippen LogP contribution in [0.2, 0.25) is 0 Å². The number of hydrogen-bond donors (Lipinski definition) is 0. The molecule has 0 amide bonds. The van der Waals surface area contributed by atoms with Crippen molar-refractivity contribution in [3.8, 4) is 11.5 Å². The average molecular weight is 409 g/mol. The first-order valence-electron chi connectivity index (χ1n) is 10.3. The Kier molecular flexibility index (Phi) is 8.40. The standard InChI is InChI=1S/C26H32O4/c1-17(2)15-24(26(28)20-9-13-22(30-6)14-10-20)23(18(3)4)16-25(27)19-7-11-21(29-5)12-8-19/h7-15,18,23-24H,16H2,1-6H3/t23-,24-/m1/s1. The summed E-state index contributed by atoms with van der Waals surface area (Å²) in [4.78, 5) is 26.4. The average Bonchev–Trinajstić information content (AvgIpc) is 2.75. The minimum absolute atomic E-state index is 0.0279. The molecular formula is C26H32O4. The van der Waals surface area contributed by atoms with E-state index in [-0.39, 0.29) is 29.3 Å². The summed E-state index contributed by atoms with van der Waals surface area (Å²) in [5.74, 6) is 1.17. The topological polar surface area (TPSA) is 52.6 Å². The molecule has 2 aromatic rings. The van der Waals surface area contributed by atoms with E-state index >= 15 is 0 Å². The maximum Gasteiger partial charge on any atom is 0.170 e. The summed E-state index contributed by atoms with van der Waals surface area (Å²) < 4.78 is 10.4. The highest BCUT2D eigenvalue weighted by Gasteiger charge is 2.31. The smallest absolute Gasteiger partial charge is 0.170 e. The largest absolute Gasteiger partial charge is 0.497 e. The predicted molar refractivity (Wildman–Crippen MR) is 121 cm³/mol. The highest BCUT2D eigenvalue weighted by atomic mass is 16.5. The van der Waals surface area contributed by atoms with Crippen LogP contribution in [0.5, 0.6) is 11.5 Å². The quantitative estimate of drug-likeness (QED) is 0.357. The fourth-order valence-corrected chi connectivity index (χ4v) is 3.59. The molecule has 0 saturated carbocycles. The molecule has 0 heterocycles. The zero-order valence-electron chi connectivity index (χ0n) is 18.8. The number of ether oxygens (including phenoxy) is 2. The Bertz CT molecular complexity index is 872. The fourth-order valence-electron chi connectivity index (χ4n) is 3.59. The van der Waals surface area contributed by atoms with Gasteiger partial charge in [0.05, 0.1) is 14.2 Å². The third kappa shape index (κ3) is 6.06. The van der Waals surface area contributed by atoms with E-state index in [0.29, 0.717) is 29.0 Å². The van der Waals surface area contributed by atoms with Crippen LogP contribution in [0, 0.1) is 17.8 Å². The van der Waals surface area contributed by atoms with Gasteiger partial charge in [-0.2, -0.15) is 0 Å². The van der Waals surface area contributed by atoms with Crippen LogP contribution in [0.1, 0.15) is 54.8 Å². The first-order chi connectivity index (χ1) is 14.3. The third-order valence-electron chi connectivity index (χ3n) is 5.34. The number of carbonyl (C=O) groups excluding carboxylic acids is 2. The number of Topliss-reactive ketones (excluding diaryl/α,β-unsaturated/α-hetero) is 2. The number of benzene rings is 2. The van der Waals surface area contributed by atoms with Crippen molar-refractivity contribution < 1.29 is 19.1 Å². The summed E-state index contributed by atoms with van der Waals surface area (Å²) in [7, 11) is 3.20.